The number of aliphatic carboxylic acids is 2. The van der Waals surface area contributed by atoms with Crippen molar-refractivity contribution in [3.63, 3.8) is 0 Å². The number of nitrogens with zero attached hydrogens (tertiary/aromatic N) is 4. The molecule has 27 heavy (non-hydrogen) atoms. The maximum absolute atomic E-state index is 12.6. The Labute approximate surface area is 152 Å². The van der Waals surface area contributed by atoms with E-state index < -0.39 is 44.4 Å². The third-order valence-corrected chi connectivity index (χ3v) is 5.57. The van der Waals surface area contributed by atoms with Crippen LogP contribution in [0.25, 0.3) is 11.2 Å². The minimum Gasteiger partial charge on any atom is -0.481 e. The maximum Gasteiger partial charge on any atom is 0.321 e. The molecular formula is C13H17N6O7P. The number of carboxylic acid groups (broad SMARTS) is 2. The highest BCUT2D eigenvalue weighted by atomic mass is 31.2. The summed E-state index contributed by atoms with van der Waals surface area (Å²) >= 11 is 0. The maximum atomic E-state index is 12.6. The predicted octanol–water partition coefficient (Wildman–Crippen LogP) is -0.508. The van der Waals surface area contributed by atoms with Crippen LogP contribution in [0.5, 0.6) is 0 Å². The fourth-order valence-electron chi connectivity index (χ4n) is 2.52. The number of carbonyl (C=O) groups is 2. The molecule has 0 bridgehead atoms. The van der Waals surface area contributed by atoms with Crippen LogP contribution in [0.2, 0.25) is 0 Å². The van der Waals surface area contributed by atoms with Gasteiger partial charge in [0.1, 0.15) is 30.3 Å². The summed E-state index contributed by atoms with van der Waals surface area (Å²) < 4.78 is 25.1. The van der Waals surface area contributed by atoms with Crippen LogP contribution >= 0.6 is 7.52 Å². The molecule has 14 heteroatoms. The quantitative estimate of drug-likeness (QED) is 0.436. The van der Waals surface area contributed by atoms with Crippen LogP contribution < -0.4 is 10.8 Å². The van der Waals surface area contributed by atoms with Crippen LogP contribution in [0.1, 0.15) is 6.42 Å². The van der Waals surface area contributed by atoms with Gasteiger partial charge in [0, 0.05) is 0 Å². The molecule has 0 spiro atoms. The Bertz CT molecular complexity index is 906. The van der Waals surface area contributed by atoms with Gasteiger partial charge in [-0.05, 0) is 0 Å². The van der Waals surface area contributed by atoms with E-state index in [1.54, 1.807) is 4.57 Å². The minimum absolute atomic E-state index is 0.0933. The largest absolute Gasteiger partial charge is 0.481 e. The summed E-state index contributed by atoms with van der Waals surface area (Å²) in [5.41, 5.74) is 6.67. The number of nitrogens with two attached hydrogens (primary N) is 1. The Morgan fingerprint density at radius 1 is 1.41 bits per heavy atom. The molecule has 3 atom stereocenters. The molecular weight excluding hydrogens is 383 g/mol. The molecule has 3 rings (SSSR count). The van der Waals surface area contributed by atoms with Crippen molar-refractivity contribution in [2.75, 3.05) is 18.7 Å². The zero-order chi connectivity index (χ0) is 19.6. The lowest BCUT2D eigenvalue weighted by Gasteiger charge is -2.31. The molecule has 1 aliphatic rings. The molecule has 5 N–H and O–H groups in total. The zero-order valence-electron chi connectivity index (χ0n) is 13.9. The van der Waals surface area contributed by atoms with Crippen molar-refractivity contribution in [3.8, 4) is 0 Å². The fourth-order valence-corrected chi connectivity index (χ4v) is 4.24. The molecule has 0 radical (unpaired) electrons. The van der Waals surface area contributed by atoms with Crippen LogP contribution in [-0.4, -0.2) is 66.8 Å². The van der Waals surface area contributed by atoms with Gasteiger partial charge < -0.3 is 29.8 Å². The van der Waals surface area contributed by atoms with Crippen LogP contribution in [0.4, 0.5) is 5.82 Å². The van der Waals surface area contributed by atoms with Crippen molar-refractivity contribution >= 4 is 36.4 Å². The van der Waals surface area contributed by atoms with E-state index in [-0.39, 0.29) is 19.0 Å². The van der Waals surface area contributed by atoms with Crippen LogP contribution in [0.3, 0.4) is 0 Å². The summed E-state index contributed by atoms with van der Waals surface area (Å²) in [5, 5.41) is 20.0. The Kier molecular flexibility index (Phi) is 5.37. The second kappa shape index (κ2) is 7.56. The molecule has 2 aromatic heterocycles. The van der Waals surface area contributed by atoms with Gasteiger partial charge in [0.05, 0.1) is 25.9 Å². The Balaban J connectivity index is 1.62. The van der Waals surface area contributed by atoms with Gasteiger partial charge in [0.15, 0.2) is 11.5 Å². The molecule has 1 saturated heterocycles. The Hall–Kier alpha value is -2.60. The highest BCUT2D eigenvalue weighted by molar-refractivity contribution is 7.56. The molecule has 0 aliphatic carbocycles. The number of nitrogen functional groups attached to an aromatic ring is 1. The first-order valence-corrected chi connectivity index (χ1v) is 9.57. The number of hydrogen-bond donors (Lipinski definition) is 4. The summed E-state index contributed by atoms with van der Waals surface area (Å²) in [4.78, 5) is 33.9. The Morgan fingerprint density at radius 3 is 2.81 bits per heavy atom. The number of imidazole rings is 1. The van der Waals surface area contributed by atoms with E-state index in [0.29, 0.717) is 11.2 Å². The van der Waals surface area contributed by atoms with Crippen molar-refractivity contribution < 1.29 is 33.6 Å². The third-order valence-electron chi connectivity index (χ3n) is 3.81. The van der Waals surface area contributed by atoms with E-state index in [2.05, 4.69) is 20.0 Å². The van der Waals surface area contributed by atoms with Gasteiger partial charge in [0.2, 0.25) is 0 Å². The van der Waals surface area contributed by atoms with Crippen molar-refractivity contribution in [1.29, 1.82) is 0 Å². The molecule has 1 fully saturated rings. The molecule has 1 aliphatic heterocycles. The average molecular weight is 400 g/mol. The summed E-state index contributed by atoms with van der Waals surface area (Å²) in [5.74, 6) is -2.54. The SMILES string of the molecule is Nc1ncnc2c1ncn2C[C@H]1COP(=O)(N[C@@H](CC(=O)O)C(=O)O)CO1. The summed E-state index contributed by atoms with van der Waals surface area (Å²) in [7, 11) is -3.65. The van der Waals surface area contributed by atoms with Crippen LogP contribution in [0.15, 0.2) is 12.7 Å². The second-order valence-corrected chi connectivity index (χ2v) is 7.95. The van der Waals surface area contributed by atoms with E-state index in [0.717, 1.165) is 0 Å². The van der Waals surface area contributed by atoms with E-state index >= 15 is 0 Å². The monoisotopic (exact) mass is 400 g/mol. The van der Waals surface area contributed by atoms with Crippen molar-refractivity contribution in [2.45, 2.75) is 25.1 Å². The fraction of sp³-hybridized carbons (Fsp3) is 0.462. The van der Waals surface area contributed by atoms with Gasteiger partial charge in [-0.25, -0.2) is 20.0 Å². The van der Waals surface area contributed by atoms with Gasteiger partial charge in [-0.2, -0.15) is 0 Å². The zero-order valence-corrected chi connectivity index (χ0v) is 14.8. The van der Waals surface area contributed by atoms with Gasteiger partial charge in [0.25, 0.3) is 7.52 Å². The standard InChI is InChI=1S/C13H17N6O7P/c14-11-10-12(16-4-15-11)19(5-17-10)2-7-3-26-27(24,6-25-7)18-8(13(22)23)1-9(20)21/h4-5,7-8H,1-3,6H2,(H,18,24)(H,20,21)(H,22,23)(H2,14,15,16)/t7-,8-,27?/m0/s1. The number of fused-ring (bicyclic) bond motifs is 1. The normalized spacial score (nSPS) is 23.9. The van der Waals surface area contributed by atoms with Gasteiger partial charge in [-0.3, -0.25) is 14.2 Å². The summed E-state index contributed by atoms with van der Waals surface area (Å²) in [6, 6.07) is -1.55. The first-order valence-electron chi connectivity index (χ1n) is 7.76. The molecule has 1 unspecified atom stereocenters. The topological polar surface area (TPSA) is 192 Å². The second-order valence-electron chi connectivity index (χ2n) is 5.83. The number of ether oxygens (including phenoxy) is 1. The van der Waals surface area contributed by atoms with Crippen molar-refractivity contribution in [3.05, 3.63) is 12.7 Å². The highest BCUT2D eigenvalue weighted by Gasteiger charge is 2.37. The summed E-state index contributed by atoms with van der Waals surface area (Å²) in [6.45, 7) is 0.189. The first kappa shape index (κ1) is 19.2. The Morgan fingerprint density at radius 2 is 2.19 bits per heavy atom. The molecule has 0 saturated carbocycles. The van der Waals surface area contributed by atoms with E-state index in [9.17, 15) is 14.2 Å². The van der Waals surface area contributed by atoms with Crippen molar-refractivity contribution in [1.82, 2.24) is 24.6 Å². The number of hydrogen-bond acceptors (Lipinski definition) is 9. The first-order chi connectivity index (χ1) is 12.8. The van der Waals surface area contributed by atoms with Crippen molar-refractivity contribution in [2.24, 2.45) is 0 Å². The summed E-state index contributed by atoms with van der Waals surface area (Å²) in [6.07, 6.45) is 1.18. The molecule has 0 aromatic carbocycles. The van der Waals surface area contributed by atoms with Crippen LogP contribution in [-0.2, 0) is 30.0 Å². The number of aromatic nitrogens is 4. The molecule has 146 valence electrons. The molecule has 2 aromatic rings. The van der Waals surface area contributed by atoms with Gasteiger partial charge in [-0.15, -0.1) is 0 Å². The lowest BCUT2D eigenvalue weighted by atomic mass is 10.2. The lowest BCUT2D eigenvalue weighted by molar-refractivity contribution is -0.145. The molecule has 0 amide bonds. The molecule has 13 nitrogen and oxygen atoms in total. The van der Waals surface area contributed by atoms with E-state index in [1.165, 1.54) is 12.7 Å². The minimum atomic E-state index is -3.65. The van der Waals surface area contributed by atoms with E-state index in [1.807, 2.05) is 0 Å². The van der Waals surface area contributed by atoms with Gasteiger partial charge in [-0.1, -0.05) is 0 Å². The number of carboxylic acids is 2. The number of nitrogens with one attached hydrogen (secondary N) is 1. The predicted molar refractivity (Wildman–Crippen MR) is 89.8 cm³/mol. The smallest absolute Gasteiger partial charge is 0.321 e. The van der Waals surface area contributed by atoms with Gasteiger partial charge >= 0.3 is 11.9 Å². The van der Waals surface area contributed by atoms with E-state index in [4.69, 9.17) is 25.2 Å². The third kappa shape index (κ3) is 4.39. The number of anilines is 1. The average Bonchev–Trinajstić information content (AvgIpc) is 3.00. The highest BCUT2D eigenvalue weighted by Crippen LogP contribution is 2.46. The lowest BCUT2D eigenvalue weighted by Crippen LogP contribution is -2.41. The molecule has 3 heterocycles. The number of rotatable bonds is 7. The van der Waals surface area contributed by atoms with Crippen LogP contribution in [0, 0.1) is 0 Å².